The van der Waals surface area contributed by atoms with E-state index in [1.807, 2.05) is 0 Å². The van der Waals surface area contributed by atoms with Gasteiger partial charge in [-0.1, -0.05) is 0 Å². The molecule has 0 N–H and O–H groups in total. The average Bonchev–Trinajstić information content (AvgIpc) is 2.45. The molecule has 2 aliphatic rings. The van der Waals surface area contributed by atoms with Crippen molar-refractivity contribution in [3.05, 3.63) is 29.6 Å². The second-order valence-corrected chi connectivity index (χ2v) is 8.66. The molecule has 7 heteroatoms. The highest BCUT2D eigenvalue weighted by Gasteiger charge is 2.41. The van der Waals surface area contributed by atoms with Crippen molar-refractivity contribution in [1.29, 1.82) is 0 Å². The third kappa shape index (κ3) is 2.97. The molecule has 0 spiro atoms. The lowest BCUT2D eigenvalue weighted by Gasteiger charge is -2.42. The lowest BCUT2D eigenvalue weighted by atomic mass is 10.1. The van der Waals surface area contributed by atoms with Gasteiger partial charge in [0, 0.05) is 30.2 Å². The SMILES string of the molecule is Cc1cc(F)cc(S(=O)(=O)N2CCSC3COCCC32)c1. The van der Waals surface area contributed by atoms with Gasteiger partial charge in [0.2, 0.25) is 10.0 Å². The number of nitrogens with zero attached hydrogens (tertiary/aromatic N) is 1. The molecule has 2 fully saturated rings. The number of rotatable bonds is 2. The molecule has 2 saturated heterocycles. The Bertz CT molecular complexity index is 613. The number of hydrogen-bond acceptors (Lipinski definition) is 4. The minimum Gasteiger partial charge on any atom is -0.380 e. The molecule has 1 aromatic carbocycles. The van der Waals surface area contributed by atoms with Crippen molar-refractivity contribution in [2.24, 2.45) is 0 Å². The normalized spacial score (nSPS) is 27.3. The molecule has 0 aromatic heterocycles. The van der Waals surface area contributed by atoms with Gasteiger partial charge >= 0.3 is 0 Å². The maximum atomic E-state index is 13.6. The molecule has 2 unspecified atom stereocenters. The average molecular weight is 331 g/mol. The number of sulfonamides is 1. The molecule has 1 aromatic rings. The standard InChI is InChI=1S/C14H18FNO3S2/c1-10-6-11(15)8-12(7-10)21(17,18)16-3-5-20-14-9-19-4-2-13(14)16/h6-8,13-14H,2-5,9H2,1H3. The first kappa shape index (κ1) is 15.3. The van der Waals surface area contributed by atoms with E-state index in [1.165, 1.54) is 12.1 Å². The van der Waals surface area contributed by atoms with Crippen LogP contribution in [-0.2, 0) is 14.8 Å². The molecule has 0 radical (unpaired) electrons. The summed E-state index contributed by atoms with van der Waals surface area (Å²) in [6, 6.07) is 3.93. The second kappa shape index (κ2) is 5.87. The summed E-state index contributed by atoms with van der Waals surface area (Å²) in [6.45, 7) is 3.34. The number of hydrogen-bond donors (Lipinski definition) is 0. The summed E-state index contributed by atoms with van der Waals surface area (Å²) in [5.74, 6) is 0.237. The van der Waals surface area contributed by atoms with Crippen LogP contribution in [0, 0.1) is 12.7 Å². The first-order chi connectivity index (χ1) is 9.98. The van der Waals surface area contributed by atoms with E-state index in [0.29, 0.717) is 31.7 Å². The van der Waals surface area contributed by atoms with Crippen molar-refractivity contribution in [3.63, 3.8) is 0 Å². The van der Waals surface area contributed by atoms with Gasteiger partial charge in [0.1, 0.15) is 5.82 Å². The zero-order valence-corrected chi connectivity index (χ0v) is 13.4. The highest BCUT2D eigenvalue weighted by Crippen LogP contribution is 2.34. The molecule has 3 rings (SSSR count). The predicted molar refractivity (Wildman–Crippen MR) is 80.5 cm³/mol. The maximum Gasteiger partial charge on any atom is 0.243 e. The summed E-state index contributed by atoms with van der Waals surface area (Å²) in [7, 11) is -3.65. The van der Waals surface area contributed by atoms with Crippen LogP contribution in [0.2, 0.25) is 0 Å². The minimum absolute atomic E-state index is 0.0499. The van der Waals surface area contributed by atoms with Gasteiger partial charge in [-0.05, 0) is 37.1 Å². The van der Waals surface area contributed by atoms with Gasteiger partial charge < -0.3 is 4.74 Å². The Hall–Kier alpha value is -0.630. The van der Waals surface area contributed by atoms with E-state index in [1.54, 1.807) is 23.0 Å². The molecule has 0 amide bonds. The summed E-state index contributed by atoms with van der Waals surface area (Å²) in [4.78, 5) is 0.0529. The van der Waals surface area contributed by atoms with Crippen molar-refractivity contribution in [3.8, 4) is 0 Å². The Morgan fingerprint density at radius 3 is 2.95 bits per heavy atom. The van der Waals surface area contributed by atoms with E-state index in [2.05, 4.69) is 0 Å². The Kier molecular flexibility index (Phi) is 4.27. The predicted octanol–water partition coefficient (Wildman–Crippen LogP) is 2.03. The minimum atomic E-state index is -3.65. The number of benzene rings is 1. The molecule has 2 atom stereocenters. The van der Waals surface area contributed by atoms with Crippen LogP contribution >= 0.6 is 11.8 Å². The molecule has 4 nitrogen and oxygen atoms in total. The lowest BCUT2D eigenvalue weighted by molar-refractivity contribution is 0.0625. The van der Waals surface area contributed by atoms with Gasteiger partial charge in [-0.15, -0.1) is 0 Å². The second-order valence-electron chi connectivity index (χ2n) is 5.42. The quantitative estimate of drug-likeness (QED) is 0.832. The zero-order chi connectivity index (χ0) is 15.0. The van der Waals surface area contributed by atoms with Gasteiger partial charge in [-0.2, -0.15) is 16.1 Å². The molecular weight excluding hydrogens is 313 g/mol. The Labute approximate surface area is 128 Å². The maximum absolute atomic E-state index is 13.6. The smallest absolute Gasteiger partial charge is 0.243 e. The largest absolute Gasteiger partial charge is 0.380 e. The third-order valence-corrected chi connectivity index (χ3v) is 7.10. The van der Waals surface area contributed by atoms with Crippen LogP contribution in [0.15, 0.2) is 23.1 Å². The Morgan fingerprint density at radius 2 is 2.19 bits per heavy atom. The third-order valence-electron chi connectivity index (χ3n) is 3.90. The monoisotopic (exact) mass is 331 g/mol. The van der Waals surface area contributed by atoms with Gasteiger partial charge in [0.05, 0.1) is 11.5 Å². The van der Waals surface area contributed by atoms with Crippen LogP contribution in [0.4, 0.5) is 4.39 Å². The molecular formula is C14H18FNO3S2. The summed E-state index contributed by atoms with van der Waals surface area (Å²) >= 11 is 1.76. The van der Waals surface area contributed by atoms with E-state index in [0.717, 1.165) is 11.8 Å². The van der Waals surface area contributed by atoms with Crippen molar-refractivity contribution in [2.75, 3.05) is 25.5 Å². The highest BCUT2D eigenvalue weighted by molar-refractivity contribution is 8.00. The summed E-state index contributed by atoms with van der Waals surface area (Å²) in [5, 5.41) is 0.178. The van der Waals surface area contributed by atoms with Crippen molar-refractivity contribution < 1.29 is 17.5 Å². The molecule has 21 heavy (non-hydrogen) atoms. The summed E-state index contributed by atoms with van der Waals surface area (Å²) < 4.78 is 46.3. The Balaban J connectivity index is 1.96. The molecule has 2 aliphatic heterocycles. The van der Waals surface area contributed by atoms with Gasteiger partial charge in [0.25, 0.3) is 0 Å². The van der Waals surface area contributed by atoms with Crippen molar-refractivity contribution in [2.45, 2.75) is 29.5 Å². The van der Waals surface area contributed by atoms with Crippen LogP contribution in [0.25, 0.3) is 0 Å². The fraction of sp³-hybridized carbons (Fsp3) is 0.571. The number of halogens is 1. The Morgan fingerprint density at radius 1 is 1.38 bits per heavy atom. The van der Waals surface area contributed by atoms with E-state index in [4.69, 9.17) is 4.74 Å². The van der Waals surface area contributed by atoms with Gasteiger partial charge in [0.15, 0.2) is 0 Å². The van der Waals surface area contributed by atoms with E-state index < -0.39 is 15.8 Å². The first-order valence-corrected chi connectivity index (χ1v) is 9.46. The van der Waals surface area contributed by atoms with Crippen LogP contribution in [-0.4, -0.2) is 49.5 Å². The number of fused-ring (bicyclic) bond motifs is 1. The van der Waals surface area contributed by atoms with Gasteiger partial charge in [-0.25, -0.2) is 12.8 Å². The molecule has 0 aliphatic carbocycles. The summed E-state index contributed by atoms with van der Waals surface area (Å²) in [6.07, 6.45) is 0.700. The molecule has 0 bridgehead atoms. The van der Waals surface area contributed by atoms with Crippen LogP contribution in [0.5, 0.6) is 0 Å². The summed E-state index contributed by atoms with van der Waals surface area (Å²) in [5.41, 5.74) is 0.614. The molecule has 0 saturated carbocycles. The van der Waals surface area contributed by atoms with Crippen molar-refractivity contribution >= 4 is 21.8 Å². The van der Waals surface area contributed by atoms with E-state index in [9.17, 15) is 12.8 Å². The first-order valence-electron chi connectivity index (χ1n) is 6.97. The fourth-order valence-corrected chi connectivity index (χ4v) is 6.24. The van der Waals surface area contributed by atoms with Crippen molar-refractivity contribution in [1.82, 2.24) is 4.31 Å². The van der Waals surface area contributed by atoms with Crippen LogP contribution in [0.3, 0.4) is 0 Å². The lowest BCUT2D eigenvalue weighted by Crippen LogP contribution is -2.54. The van der Waals surface area contributed by atoms with E-state index in [-0.39, 0.29) is 16.2 Å². The van der Waals surface area contributed by atoms with Crippen LogP contribution in [0.1, 0.15) is 12.0 Å². The zero-order valence-electron chi connectivity index (χ0n) is 11.8. The number of aryl methyl sites for hydroxylation is 1. The van der Waals surface area contributed by atoms with E-state index >= 15 is 0 Å². The van der Waals surface area contributed by atoms with Gasteiger partial charge in [-0.3, -0.25) is 0 Å². The van der Waals surface area contributed by atoms with Crippen LogP contribution < -0.4 is 0 Å². The number of thioether (sulfide) groups is 1. The molecule has 116 valence electrons. The highest BCUT2D eigenvalue weighted by atomic mass is 32.2. The molecule has 2 heterocycles. The topological polar surface area (TPSA) is 46.6 Å². The number of ether oxygens (including phenoxy) is 1. The fourth-order valence-electron chi connectivity index (χ4n) is 2.93.